The molecule has 1 aliphatic heterocycles. The van der Waals surface area contributed by atoms with Crippen LogP contribution >= 0.6 is 22.6 Å². The van der Waals surface area contributed by atoms with Crippen LogP contribution in [0.5, 0.6) is 0 Å². The van der Waals surface area contributed by atoms with Gasteiger partial charge in [0.05, 0.1) is 35.0 Å². The zero-order valence-corrected chi connectivity index (χ0v) is 23.1. The summed E-state index contributed by atoms with van der Waals surface area (Å²) in [5, 5.41) is 7.40. The number of hydrogen-bond acceptors (Lipinski definition) is 6. The summed E-state index contributed by atoms with van der Waals surface area (Å²) in [6.45, 7) is 0. The van der Waals surface area contributed by atoms with E-state index < -0.39 is 5.82 Å². The van der Waals surface area contributed by atoms with Crippen LogP contribution in [0.2, 0.25) is 0 Å². The fourth-order valence-corrected chi connectivity index (χ4v) is 5.28. The van der Waals surface area contributed by atoms with Gasteiger partial charge in [-0.05, 0) is 72.9 Å². The molecule has 0 radical (unpaired) electrons. The van der Waals surface area contributed by atoms with Crippen molar-refractivity contribution in [3.8, 4) is 11.3 Å². The summed E-state index contributed by atoms with van der Waals surface area (Å²) in [4.78, 5) is 32.5. The molecule has 4 heterocycles. The Bertz CT molecular complexity index is 1510. The molecule has 6 rings (SSSR count). The molecule has 7 nitrogen and oxygen atoms in total. The van der Waals surface area contributed by atoms with Gasteiger partial charge in [0, 0.05) is 39.9 Å². The molecule has 1 saturated carbocycles. The summed E-state index contributed by atoms with van der Waals surface area (Å²) in [6, 6.07) is 18.0. The number of nitrogens with zero attached hydrogens (tertiary/aromatic N) is 4. The van der Waals surface area contributed by atoms with Crippen molar-refractivity contribution in [3.05, 3.63) is 113 Å². The van der Waals surface area contributed by atoms with Crippen molar-refractivity contribution in [2.45, 2.75) is 37.3 Å². The van der Waals surface area contributed by atoms with Crippen molar-refractivity contribution >= 4 is 34.2 Å². The summed E-state index contributed by atoms with van der Waals surface area (Å²) < 4.78 is 14.0. The number of pyridine rings is 3. The average Bonchev–Trinajstić information content (AvgIpc) is 3.72. The minimum Gasteiger partial charge on any atom is -0.385 e. The monoisotopic (exact) mass is 633 g/mol. The van der Waals surface area contributed by atoms with Crippen LogP contribution in [-0.2, 0) is 4.84 Å². The van der Waals surface area contributed by atoms with E-state index in [-0.39, 0.29) is 18.1 Å². The predicted octanol–water partition coefficient (Wildman–Crippen LogP) is 6.33. The second kappa shape index (κ2) is 11.2. The molecule has 3 aromatic heterocycles. The number of alkyl halides is 1. The van der Waals surface area contributed by atoms with Crippen LogP contribution in [0.15, 0.2) is 84.4 Å². The SMILES string of the molecule is O=C(N[C@H](CI)c1ccc(F)cn1)c1cc(C2=NO[C@H](c3ccccn3)C2)cc(-c2ccc(C3CC3)cn2)c1. The largest absolute Gasteiger partial charge is 0.385 e. The second-order valence-electron chi connectivity index (χ2n) is 9.72. The maximum absolute atomic E-state index is 13.5. The first kappa shape index (κ1) is 25.5. The smallest absolute Gasteiger partial charge is 0.251 e. The zero-order chi connectivity index (χ0) is 26.8. The molecule has 196 valence electrons. The van der Waals surface area contributed by atoms with Crippen LogP contribution in [0, 0.1) is 5.82 Å². The Hall–Kier alpha value is -3.73. The lowest BCUT2D eigenvalue weighted by Gasteiger charge is -2.17. The fourth-order valence-electron chi connectivity index (χ4n) is 4.61. The molecular weight excluding hydrogens is 608 g/mol. The Morgan fingerprint density at radius 2 is 1.90 bits per heavy atom. The minimum atomic E-state index is -0.418. The molecule has 0 spiro atoms. The first-order chi connectivity index (χ1) is 19.1. The highest BCUT2D eigenvalue weighted by atomic mass is 127. The number of amides is 1. The quantitative estimate of drug-likeness (QED) is 0.181. The average molecular weight is 633 g/mol. The number of nitrogens with one attached hydrogen (secondary N) is 1. The summed E-state index contributed by atoms with van der Waals surface area (Å²) in [5.74, 6) is -0.0716. The first-order valence-corrected chi connectivity index (χ1v) is 14.3. The molecule has 0 saturated heterocycles. The molecular formula is C30H25FIN5O2. The van der Waals surface area contributed by atoms with E-state index in [1.54, 1.807) is 12.3 Å². The third kappa shape index (κ3) is 5.83. The Kier molecular flexibility index (Phi) is 7.32. The molecule has 1 fully saturated rings. The van der Waals surface area contributed by atoms with Gasteiger partial charge >= 0.3 is 0 Å². The number of aromatic nitrogens is 3. The summed E-state index contributed by atoms with van der Waals surface area (Å²) in [6.07, 6.45) is 7.48. The van der Waals surface area contributed by atoms with Gasteiger partial charge in [0.1, 0.15) is 5.82 Å². The van der Waals surface area contributed by atoms with E-state index in [1.807, 2.05) is 48.7 Å². The number of benzene rings is 1. The van der Waals surface area contributed by atoms with Crippen molar-refractivity contribution in [3.63, 3.8) is 0 Å². The van der Waals surface area contributed by atoms with Gasteiger partial charge in [-0.25, -0.2) is 4.39 Å². The fraction of sp³-hybridized carbons (Fsp3) is 0.233. The van der Waals surface area contributed by atoms with Gasteiger partial charge in [-0.3, -0.25) is 19.7 Å². The van der Waals surface area contributed by atoms with Crippen LogP contribution in [-0.4, -0.2) is 31.0 Å². The Labute approximate surface area is 239 Å². The topological polar surface area (TPSA) is 89.4 Å². The number of carbonyl (C=O) groups excluding carboxylic acids is 1. The van der Waals surface area contributed by atoms with Crippen molar-refractivity contribution in [1.82, 2.24) is 20.3 Å². The van der Waals surface area contributed by atoms with Crippen LogP contribution in [0.1, 0.15) is 70.2 Å². The van der Waals surface area contributed by atoms with Crippen molar-refractivity contribution in [2.75, 3.05) is 4.43 Å². The maximum Gasteiger partial charge on any atom is 0.251 e. The molecule has 2 atom stereocenters. The Morgan fingerprint density at radius 1 is 1.03 bits per heavy atom. The van der Waals surface area contributed by atoms with E-state index >= 15 is 0 Å². The molecule has 1 aliphatic carbocycles. The van der Waals surface area contributed by atoms with Crippen molar-refractivity contribution < 1.29 is 14.0 Å². The number of oxime groups is 1. The van der Waals surface area contributed by atoms with Crippen LogP contribution in [0.4, 0.5) is 4.39 Å². The highest BCUT2D eigenvalue weighted by molar-refractivity contribution is 14.1. The predicted molar refractivity (Wildman–Crippen MR) is 154 cm³/mol. The molecule has 1 aromatic carbocycles. The molecule has 2 aliphatic rings. The highest BCUT2D eigenvalue weighted by Gasteiger charge is 2.27. The third-order valence-corrected chi connectivity index (χ3v) is 7.79. The lowest BCUT2D eigenvalue weighted by molar-refractivity contribution is 0.0826. The normalized spacial score (nSPS) is 17.3. The van der Waals surface area contributed by atoms with E-state index in [4.69, 9.17) is 9.82 Å². The van der Waals surface area contributed by atoms with Crippen LogP contribution in [0.25, 0.3) is 11.3 Å². The molecule has 0 unspecified atom stereocenters. The van der Waals surface area contributed by atoms with Crippen LogP contribution < -0.4 is 5.32 Å². The minimum absolute atomic E-state index is 0.263. The molecule has 39 heavy (non-hydrogen) atoms. The zero-order valence-electron chi connectivity index (χ0n) is 20.9. The van der Waals surface area contributed by atoms with Gasteiger partial charge in [0.2, 0.25) is 0 Å². The Morgan fingerprint density at radius 3 is 2.59 bits per heavy atom. The molecule has 4 aromatic rings. The molecule has 0 bridgehead atoms. The van der Waals surface area contributed by atoms with Gasteiger partial charge in [-0.1, -0.05) is 39.9 Å². The van der Waals surface area contributed by atoms with E-state index in [0.29, 0.717) is 28.0 Å². The van der Waals surface area contributed by atoms with Crippen molar-refractivity contribution in [1.29, 1.82) is 0 Å². The number of halogens is 2. The van der Waals surface area contributed by atoms with Gasteiger partial charge in [0.25, 0.3) is 5.91 Å². The second-order valence-corrected chi connectivity index (χ2v) is 10.6. The van der Waals surface area contributed by atoms with Gasteiger partial charge < -0.3 is 10.2 Å². The van der Waals surface area contributed by atoms with Gasteiger partial charge in [0.15, 0.2) is 6.10 Å². The summed E-state index contributed by atoms with van der Waals surface area (Å²) >= 11 is 2.19. The standard InChI is InChI=1S/C30H25FIN5O2/c31-23-7-9-25(35-17-23)28(15-32)36-30(38)22-12-20(24-8-6-19(16-34-24)18-4-5-18)11-21(13-22)27-14-29(39-37-27)26-3-1-2-10-33-26/h1-3,6-13,16-18,28-29H,4-5,14-15H2,(H,36,38)/t28-,29+/m1/s1. The van der Waals surface area contributed by atoms with E-state index in [2.05, 4.69) is 49.1 Å². The van der Waals surface area contributed by atoms with Crippen LogP contribution in [0.3, 0.4) is 0 Å². The van der Waals surface area contributed by atoms with Gasteiger partial charge in [-0.15, -0.1) is 0 Å². The molecule has 9 heteroatoms. The number of hydrogen-bond donors (Lipinski definition) is 1. The summed E-state index contributed by atoms with van der Waals surface area (Å²) in [7, 11) is 0. The maximum atomic E-state index is 13.5. The Balaban J connectivity index is 1.31. The lowest BCUT2D eigenvalue weighted by Crippen LogP contribution is -2.30. The lowest BCUT2D eigenvalue weighted by atomic mass is 9.96. The summed E-state index contributed by atoms with van der Waals surface area (Å²) in [5.41, 5.74) is 6.24. The van der Waals surface area contributed by atoms with Gasteiger partial charge in [-0.2, -0.15) is 0 Å². The van der Waals surface area contributed by atoms with E-state index in [9.17, 15) is 9.18 Å². The number of rotatable bonds is 8. The number of carbonyl (C=O) groups is 1. The van der Waals surface area contributed by atoms with E-state index in [1.165, 1.54) is 24.5 Å². The molecule has 1 N–H and O–H groups in total. The highest BCUT2D eigenvalue weighted by Crippen LogP contribution is 2.40. The third-order valence-electron chi connectivity index (χ3n) is 6.91. The molecule has 1 amide bonds. The van der Waals surface area contributed by atoms with Crippen molar-refractivity contribution in [2.24, 2.45) is 5.16 Å². The van der Waals surface area contributed by atoms with E-state index in [0.717, 1.165) is 34.4 Å². The first-order valence-electron chi connectivity index (χ1n) is 12.8.